The summed E-state index contributed by atoms with van der Waals surface area (Å²) in [4.78, 5) is 13.9. The first kappa shape index (κ1) is 14.5. The van der Waals surface area contributed by atoms with Crippen LogP contribution in [0.15, 0.2) is 24.3 Å². The zero-order valence-electron chi connectivity index (χ0n) is 11.7. The first-order chi connectivity index (χ1) is 9.67. The van der Waals surface area contributed by atoms with Crippen molar-refractivity contribution in [2.75, 3.05) is 32.0 Å². The smallest absolute Gasteiger partial charge is 0.238 e. The third-order valence-corrected chi connectivity index (χ3v) is 3.41. The highest BCUT2D eigenvalue weighted by Crippen LogP contribution is 2.09. The number of benzene rings is 1. The summed E-state index contributed by atoms with van der Waals surface area (Å²) < 4.78 is 0. The van der Waals surface area contributed by atoms with Crippen molar-refractivity contribution in [2.24, 2.45) is 0 Å². The van der Waals surface area contributed by atoms with E-state index in [1.807, 2.05) is 11.9 Å². The van der Waals surface area contributed by atoms with Gasteiger partial charge >= 0.3 is 0 Å². The van der Waals surface area contributed by atoms with E-state index in [-0.39, 0.29) is 5.91 Å². The number of amides is 1. The third-order valence-electron chi connectivity index (χ3n) is 3.41. The number of hydrogen-bond acceptors (Lipinski definition) is 4. The zero-order chi connectivity index (χ0) is 14.4. The Morgan fingerprint density at radius 2 is 2.25 bits per heavy atom. The van der Waals surface area contributed by atoms with E-state index in [4.69, 9.17) is 5.26 Å². The largest absolute Gasteiger partial charge is 0.325 e. The van der Waals surface area contributed by atoms with Gasteiger partial charge in [0.2, 0.25) is 5.91 Å². The fraction of sp³-hybridized carbons (Fsp3) is 0.467. The van der Waals surface area contributed by atoms with Crippen LogP contribution in [0.5, 0.6) is 0 Å². The molecule has 2 rings (SSSR count). The number of likely N-dealkylation sites (N-methyl/N-ethyl adjacent to an activating group) is 1. The fourth-order valence-electron chi connectivity index (χ4n) is 2.43. The summed E-state index contributed by atoms with van der Waals surface area (Å²) in [6.45, 7) is 2.34. The van der Waals surface area contributed by atoms with E-state index < -0.39 is 0 Å². The van der Waals surface area contributed by atoms with Crippen LogP contribution in [0, 0.1) is 11.3 Å². The number of rotatable bonds is 5. The molecule has 5 heteroatoms. The molecule has 0 aromatic heterocycles. The number of hydrogen-bond donors (Lipinski definition) is 2. The number of nitrogens with one attached hydrogen (secondary N) is 2. The highest BCUT2D eigenvalue weighted by molar-refractivity contribution is 5.92. The molecule has 5 nitrogen and oxygen atoms in total. The van der Waals surface area contributed by atoms with E-state index in [2.05, 4.69) is 16.7 Å². The molecule has 1 heterocycles. The lowest BCUT2D eigenvalue weighted by atomic mass is 10.2. The van der Waals surface area contributed by atoms with Crippen molar-refractivity contribution in [3.05, 3.63) is 29.8 Å². The van der Waals surface area contributed by atoms with Crippen LogP contribution in [0.2, 0.25) is 0 Å². The average Bonchev–Trinajstić information content (AvgIpc) is 2.92. The van der Waals surface area contributed by atoms with Gasteiger partial charge in [-0.1, -0.05) is 0 Å². The van der Waals surface area contributed by atoms with E-state index in [0.29, 0.717) is 18.2 Å². The van der Waals surface area contributed by atoms with Gasteiger partial charge in [-0.2, -0.15) is 5.26 Å². The number of nitrogens with zero attached hydrogens (tertiary/aromatic N) is 2. The molecule has 0 spiro atoms. The molecule has 1 aliphatic heterocycles. The number of carbonyl (C=O) groups excluding carboxylic acids is 1. The van der Waals surface area contributed by atoms with Gasteiger partial charge in [-0.3, -0.25) is 9.69 Å². The minimum Gasteiger partial charge on any atom is -0.325 e. The third kappa shape index (κ3) is 4.34. The van der Waals surface area contributed by atoms with Gasteiger partial charge < -0.3 is 10.6 Å². The summed E-state index contributed by atoms with van der Waals surface area (Å²) in [6.07, 6.45) is 2.40. The quantitative estimate of drug-likeness (QED) is 0.844. The first-order valence-electron chi connectivity index (χ1n) is 6.89. The molecule has 0 aliphatic carbocycles. The van der Waals surface area contributed by atoms with E-state index in [1.165, 1.54) is 12.8 Å². The normalized spacial score (nSPS) is 17.9. The minimum atomic E-state index is -0.0322. The SMILES string of the molecule is CN(CC(=O)Nc1ccc(C#N)cc1)CC1CCCN1. The standard InChI is InChI=1S/C15H20N4O/c1-19(10-14-3-2-8-17-14)11-15(20)18-13-6-4-12(9-16)5-7-13/h4-7,14,17H,2-3,8,10-11H2,1H3,(H,18,20). The van der Waals surface area contributed by atoms with Gasteiger partial charge in [-0.05, 0) is 50.7 Å². The number of anilines is 1. The summed E-state index contributed by atoms with van der Waals surface area (Å²) in [7, 11) is 1.96. The maximum Gasteiger partial charge on any atom is 0.238 e. The summed E-state index contributed by atoms with van der Waals surface area (Å²) in [6, 6.07) is 9.44. The van der Waals surface area contributed by atoms with Crippen LogP contribution in [-0.4, -0.2) is 43.5 Å². The fourth-order valence-corrected chi connectivity index (χ4v) is 2.43. The Bertz CT molecular complexity index is 486. The van der Waals surface area contributed by atoms with Crippen LogP contribution in [0.3, 0.4) is 0 Å². The Kier molecular flexibility index (Phi) is 5.10. The molecule has 1 aromatic carbocycles. The minimum absolute atomic E-state index is 0.0322. The van der Waals surface area contributed by atoms with Crippen LogP contribution in [0.1, 0.15) is 18.4 Å². The molecule has 1 saturated heterocycles. The molecule has 0 radical (unpaired) electrons. The van der Waals surface area contributed by atoms with Crippen molar-refractivity contribution >= 4 is 11.6 Å². The summed E-state index contributed by atoms with van der Waals surface area (Å²) >= 11 is 0. The van der Waals surface area contributed by atoms with Crippen molar-refractivity contribution in [3.63, 3.8) is 0 Å². The van der Waals surface area contributed by atoms with Crippen LogP contribution in [0.25, 0.3) is 0 Å². The topological polar surface area (TPSA) is 68.2 Å². The molecule has 2 N–H and O–H groups in total. The van der Waals surface area contributed by atoms with E-state index in [1.54, 1.807) is 24.3 Å². The van der Waals surface area contributed by atoms with Gasteiger partial charge in [0, 0.05) is 18.3 Å². The lowest BCUT2D eigenvalue weighted by Gasteiger charge is -2.20. The van der Waals surface area contributed by atoms with Gasteiger partial charge in [0.1, 0.15) is 0 Å². The molecule has 1 aromatic rings. The lowest BCUT2D eigenvalue weighted by molar-refractivity contribution is -0.117. The second-order valence-electron chi connectivity index (χ2n) is 5.23. The van der Waals surface area contributed by atoms with Crippen molar-refractivity contribution < 1.29 is 4.79 Å². The molecule has 1 fully saturated rings. The maximum absolute atomic E-state index is 11.9. The van der Waals surface area contributed by atoms with Gasteiger partial charge in [0.05, 0.1) is 18.2 Å². The van der Waals surface area contributed by atoms with Crippen LogP contribution in [0.4, 0.5) is 5.69 Å². The van der Waals surface area contributed by atoms with Crippen molar-refractivity contribution in [1.82, 2.24) is 10.2 Å². The summed E-state index contributed by atoms with van der Waals surface area (Å²) in [5.41, 5.74) is 1.31. The van der Waals surface area contributed by atoms with Crippen molar-refractivity contribution in [2.45, 2.75) is 18.9 Å². The Morgan fingerprint density at radius 1 is 1.50 bits per heavy atom. The monoisotopic (exact) mass is 272 g/mol. The van der Waals surface area contributed by atoms with Crippen LogP contribution >= 0.6 is 0 Å². The van der Waals surface area contributed by atoms with Gasteiger partial charge in [-0.15, -0.1) is 0 Å². The van der Waals surface area contributed by atoms with Gasteiger partial charge in [-0.25, -0.2) is 0 Å². The molecule has 1 aliphatic rings. The molecular formula is C15H20N4O. The Balaban J connectivity index is 1.77. The first-order valence-corrected chi connectivity index (χ1v) is 6.89. The molecule has 1 amide bonds. The highest BCUT2D eigenvalue weighted by atomic mass is 16.2. The molecule has 0 saturated carbocycles. The number of carbonyl (C=O) groups is 1. The van der Waals surface area contributed by atoms with E-state index >= 15 is 0 Å². The lowest BCUT2D eigenvalue weighted by Crippen LogP contribution is -2.39. The average molecular weight is 272 g/mol. The molecule has 1 atom stereocenters. The summed E-state index contributed by atoms with van der Waals surface area (Å²) in [5.74, 6) is -0.0322. The molecule has 1 unspecified atom stereocenters. The van der Waals surface area contributed by atoms with E-state index in [9.17, 15) is 4.79 Å². The van der Waals surface area contributed by atoms with Gasteiger partial charge in [0.15, 0.2) is 0 Å². The van der Waals surface area contributed by atoms with Crippen molar-refractivity contribution in [3.8, 4) is 6.07 Å². The van der Waals surface area contributed by atoms with Gasteiger partial charge in [0.25, 0.3) is 0 Å². The predicted molar refractivity (Wildman–Crippen MR) is 78.3 cm³/mol. The maximum atomic E-state index is 11.9. The predicted octanol–water partition coefficient (Wildman–Crippen LogP) is 1.18. The molecule has 106 valence electrons. The Morgan fingerprint density at radius 3 is 2.85 bits per heavy atom. The number of nitriles is 1. The molecular weight excluding hydrogens is 252 g/mol. The van der Waals surface area contributed by atoms with Crippen LogP contribution < -0.4 is 10.6 Å². The van der Waals surface area contributed by atoms with Crippen LogP contribution in [-0.2, 0) is 4.79 Å². The second-order valence-corrected chi connectivity index (χ2v) is 5.23. The van der Waals surface area contributed by atoms with Crippen molar-refractivity contribution in [1.29, 1.82) is 5.26 Å². The molecule has 20 heavy (non-hydrogen) atoms. The summed E-state index contributed by atoms with van der Waals surface area (Å²) in [5, 5.41) is 15.0. The second kappa shape index (κ2) is 7.04. The Hall–Kier alpha value is -1.90. The van der Waals surface area contributed by atoms with E-state index in [0.717, 1.165) is 18.8 Å². The zero-order valence-corrected chi connectivity index (χ0v) is 11.7. The Labute approximate surface area is 119 Å². The highest BCUT2D eigenvalue weighted by Gasteiger charge is 2.17. The molecule has 0 bridgehead atoms.